The van der Waals surface area contributed by atoms with Gasteiger partial charge in [0.25, 0.3) is 0 Å². The molecule has 3 atom stereocenters. The van der Waals surface area contributed by atoms with Gasteiger partial charge in [-0.3, -0.25) is 0 Å². The molecule has 17 heavy (non-hydrogen) atoms. The van der Waals surface area contributed by atoms with E-state index in [2.05, 4.69) is 12.2 Å². The van der Waals surface area contributed by atoms with Gasteiger partial charge in [0.1, 0.15) is 6.04 Å². The van der Waals surface area contributed by atoms with Crippen molar-refractivity contribution in [2.24, 2.45) is 5.92 Å². The van der Waals surface area contributed by atoms with Crippen molar-refractivity contribution >= 4 is 23.8 Å². The lowest BCUT2D eigenvalue weighted by atomic mass is 10.1. The molecule has 2 N–H and O–H groups in total. The number of carbonyl (C=O) groups excluding carboxylic acids is 1. The van der Waals surface area contributed by atoms with Crippen LogP contribution in [0.1, 0.15) is 26.2 Å². The number of hydrogen-bond donors (Lipinski definition) is 2. The van der Waals surface area contributed by atoms with Gasteiger partial charge in [0.05, 0.1) is 5.88 Å². The molecule has 1 heterocycles. The number of amides is 2. The molecule has 1 saturated heterocycles. The fourth-order valence-corrected chi connectivity index (χ4v) is 3.59. The standard InChI is InChI=1S/C11H18N2O3S/c1-7-3-2-4-8(7)12-11(16)13-6-17-5-9(13)10(14)15/h7-9H,2-6H2,1H3,(H,12,16)(H,14,15)/t7?,8?,9-/m0/s1. The molecule has 1 aliphatic carbocycles. The van der Waals surface area contributed by atoms with Crippen LogP contribution in [0.25, 0.3) is 0 Å². The van der Waals surface area contributed by atoms with E-state index in [9.17, 15) is 9.59 Å². The molecule has 2 unspecified atom stereocenters. The van der Waals surface area contributed by atoms with E-state index in [1.807, 2.05) is 0 Å². The first-order valence-corrected chi connectivity index (χ1v) is 7.12. The molecule has 2 amide bonds. The summed E-state index contributed by atoms with van der Waals surface area (Å²) in [6, 6.07) is -0.680. The monoisotopic (exact) mass is 258 g/mol. The maximum Gasteiger partial charge on any atom is 0.327 e. The lowest BCUT2D eigenvalue weighted by Gasteiger charge is -2.25. The Morgan fingerprint density at radius 2 is 2.18 bits per heavy atom. The summed E-state index contributed by atoms with van der Waals surface area (Å²) >= 11 is 1.49. The quantitative estimate of drug-likeness (QED) is 0.784. The Bertz CT molecular complexity index is 324. The third kappa shape index (κ3) is 2.68. The van der Waals surface area contributed by atoms with Crippen LogP contribution in [0.15, 0.2) is 0 Å². The normalized spacial score (nSPS) is 32.8. The highest BCUT2D eigenvalue weighted by Gasteiger charge is 2.36. The topological polar surface area (TPSA) is 69.6 Å². The zero-order valence-corrected chi connectivity index (χ0v) is 10.7. The Kier molecular flexibility index (Phi) is 3.81. The minimum Gasteiger partial charge on any atom is -0.480 e. The highest BCUT2D eigenvalue weighted by Crippen LogP contribution is 2.26. The largest absolute Gasteiger partial charge is 0.480 e. The number of thioether (sulfide) groups is 1. The van der Waals surface area contributed by atoms with Crippen LogP contribution in [0, 0.1) is 5.92 Å². The number of carboxylic acid groups (broad SMARTS) is 1. The van der Waals surface area contributed by atoms with Crippen molar-refractivity contribution < 1.29 is 14.7 Å². The summed E-state index contributed by atoms with van der Waals surface area (Å²) in [5.74, 6) is 0.550. The van der Waals surface area contributed by atoms with E-state index in [0.717, 1.165) is 19.3 Å². The molecule has 0 aromatic heterocycles. The van der Waals surface area contributed by atoms with Crippen molar-refractivity contribution in [1.29, 1.82) is 0 Å². The van der Waals surface area contributed by atoms with Gasteiger partial charge in [-0.15, -0.1) is 11.8 Å². The molecule has 5 nitrogen and oxygen atoms in total. The van der Waals surface area contributed by atoms with Crippen LogP contribution in [0.5, 0.6) is 0 Å². The molecule has 6 heteroatoms. The SMILES string of the molecule is CC1CCCC1NC(=O)N1CSC[C@H]1C(=O)O. The molecule has 2 rings (SSSR count). The van der Waals surface area contributed by atoms with Crippen molar-refractivity contribution in [2.45, 2.75) is 38.3 Å². The second-order valence-corrected chi connectivity index (χ2v) is 5.79. The second kappa shape index (κ2) is 5.16. The van der Waals surface area contributed by atoms with Crippen LogP contribution in [0.3, 0.4) is 0 Å². The zero-order valence-electron chi connectivity index (χ0n) is 9.89. The van der Waals surface area contributed by atoms with Gasteiger partial charge in [-0.25, -0.2) is 9.59 Å². The predicted molar refractivity (Wildman–Crippen MR) is 65.9 cm³/mol. The van der Waals surface area contributed by atoms with E-state index >= 15 is 0 Å². The van der Waals surface area contributed by atoms with Crippen LogP contribution < -0.4 is 5.32 Å². The number of nitrogens with one attached hydrogen (secondary N) is 1. The average Bonchev–Trinajstić information content (AvgIpc) is 2.87. The first-order valence-electron chi connectivity index (χ1n) is 5.97. The van der Waals surface area contributed by atoms with E-state index in [4.69, 9.17) is 5.11 Å². The third-order valence-electron chi connectivity index (χ3n) is 3.60. The Hall–Kier alpha value is -0.910. The van der Waals surface area contributed by atoms with Crippen molar-refractivity contribution in [3.63, 3.8) is 0 Å². The van der Waals surface area contributed by atoms with Crippen LogP contribution >= 0.6 is 11.8 Å². The molecule has 0 bridgehead atoms. The molecule has 0 spiro atoms. The number of urea groups is 1. The van der Waals surface area contributed by atoms with Gasteiger partial charge in [-0.05, 0) is 18.8 Å². The zero-order chi connectivity index (χ0) is 12.4. The molecule has 0 aromatic carbocycles. The number of nitrogens with zero attached hydrogens (tertiary/aromatic N) is 1. The van der Waals surface area contributed by atoms with Gasteiger partial charge >= 0.3 is 12.0 Å². The molecular formula is C11H18N2O3S. The fourth-order valence-electron chi connectivity index (χ4n) is 2.45. The smallest absolute Gasteiger partial charge is 0.327 e. The molecule has 96 valence electrons. The Balaban J connectivity index is 1.93. The number of carbonyl (C=O) groups is 2. The van der Waals surface area contributed by atoms with Gasteiger partial charge in [-0.2, -0.15) is 0 Å². The minimum atomic E-state index is -0.912. The van der Waals surface area contributed by atoms with E-state index in [1.165, 1.54) is 16.7 Å². The van der Waals surface area contributed by atoms with Crippen LogP contribution in [-0.4, -0.2) is 45.7 Å². The average molecular weight is 258 g/mol. The predicted octanol–water partition coefficient (Wildman–Crippen LogP) is 1.34. The molecule has 2 fully saturated rings. The van der Waals surface area contributed by atoms with Gasteiger partial charge in [0.15, 0.2) is 0 Å². The highest BCUT2D eigenvalue weighted by molar-refractivity contribution is 7.99. The second-order valence-electron chi connectivity index (χ2n) is 4.79. The summed E-state index contributed by atoms with van der Waals surface area (Å²) in [6.45, 7) is 2.13. The molecule has 1 aliphatic heterocycles. The van der Waals surface area contributed by atoms with E-state index in [-0.39, 0.29) is 12.1 Å². The highest BCUT2D eigenvalue weighted by atomic mass is 32.2. The summed E-state index contributed by atoms with van der Waals surface area (Å²) in [5.41, 5.74) is 0. The van der Waals surface area contributed by atoms with Gasteiger partial charge < -0.3 is 15.3 Å². The number of aliphatic carboxylic acids is 1. The Morgan fingerprint density at radius 3 is 2.76 bits per heavy atom. The first-order chi connectivity index (χ1) is 8.09. The molecule has 0 radical (unpaired) electrons. The Morgan fingerprint density at radius 1 is 1.41 bits per heavy atom. The lowest BCUT2D eigenvalue weighted by molar-refractivity contribution is -0.140. The fraction of sp³-hybridized carbons (Fsp3) is 0.818. The number of hydrogen-bond acceptors (Lipinski definition) is 3. The van der Waals surface area contributed by atoms with Gasteiger partial charge in [-0.1, -0.05) is 13.3 Å². The van der Waals surface area contributed by atoms with Crippen molar-refractivity contribution in [3.05, 3.63) is 0 Å². The molecule has 0 aromatic rings. The maximum absolute atomic E-state index is 12.0. The summed E-state index contributed by atoms with van der Waals surface area (Å²) in [7, 11) is 0. The van der Waals surface area contributed by atoms with Crippen LogP contribution in [-0.2, 0) is 4.79 Å². The Labute approximate surface area is 105 Å². The lowest BCUT2D eigenvalue weighted by Crippen LogP contribution is -2.50. The minimum absolute atomic E-state index is 0.211. The maximum atomic E-state index is 12.0. The summed E-state index contributed by atoms with van der Waals surface area (Å²) < 4.78 is 0. The van der Waals surface area contributed by atoms with Crippen LogP contribution in [0.4, 0.5) is 4.79 Å². The number of carboxylic acids is 1. The molecular weight excluding hydrogens is 240 g/mol. The summed E-state index contributed by atoms with van der Waals surface area (Å²) in [5, 5.41) is 12.0. The number of rotatable bonds is 2. The van der Waals surface area contributed by atoms with Crippen molar-refractivity contribution in [3.8, 4) is 0 Å². The van der Waals surface area contributed by atoms with Gasteiger partial charge in [0.2, 0.25) is 0 Å². The third-order valence-corrected chi connectivity index (χ3v) is 4.61. The summed E-state index contributed by atoms with van der Waals surface area (Å²) in [4.78, 5) is 24.4. The first kappa shape index (κ1) is 12.5. The van der Waals surface area contributed by atoms with E-state index in [0.29, 0.717) is 17.5 Å². The molecule has 1 saturated carbocycles. The van der Waals surface area contributed by atoms with Crippen molar-refractivity contribution in [1.82, 2.24) is 10.2 Å². The van der Waals surface area contributed by atoms with Crippen LogP contribution in [0.2, 0.25) is 0 Å². The van der Waals surface area contributed by atoms with Gasteiger partial charge in [0, 0.05) is 11.8 Å². The van der Waals surface area contributed by atoms with E-state index in [1.54, 1.807) is 0 Å². The van der Waals surface area contributed by atoms with Crippen molar-refractivity contribution in [2.75, 3.05) is 11.6 Å². The molecule has 2 aliphatic rings. The van der Waals surface area contributed by atoms with E-state index < -0.39 is 12.0 Å². The summed E-state index contributed by atoms with van der Waals surface area (Å²) in [6.07, 6.45) is 3.29.